The van der Waals surface area contributed by atoms with E-state index in [0.717, 1.165) is 31.2 Å². The number of amides is 1. The van der Waals surface area contributed by atoms with Gasteiger partial charge in [-0.15, -0.1) is 5.10 Å². The van der Waals surface area contributed by atoms with Gasteiger partial charge < -0.3 is 10.4 Å². The van der Waals surface area contributed by atoms with Crippen LogP contribution in [0.15, 0.2) is 30.5 Å². The molecule has 1 aliphatic carbocycles. The molecule has 2 aromatic rings. The van der Waals surface area contributed by atoms with Crippen molar-refractivity contribution in [2.45, 2.75) is 38.3 Å². The number of rotatable bonds is 5. The molecular formula is C17H21FN4O2. The number of aliphatic hydroxyl groups is 1. The lowest BCUT2D eigenvalue weighted by Gasteiger charge is -2.27. The topological polar surface area (TPSA) is 80.0 Å². The number of benzene rings is 1. The highest BCUT2D eigenvalue weighted by molar-refractivity contribution is 5.92. The summed E-state index contributed by atoms with van der Waals surface area (Å²) in [6.07, 6.45) is 5.16. The average Bonchev–Trinajstić information content (AvgIpc) is 3.04. The molecule has 1 heterocycles. The summed E-state index contributed by atoms with van der Waals surface area (Å²) >= 11 is 0. The molecule has 2 N–H and O–H groups in total. The van der Waals surface area contributed by atoms with Crippen molar-refractivity contribution < 1.29 is 14.3 Å². The number of nitrogens with zero attached hydrogens (tertiary/aromatic N) is 3. The van der Waals surface area contributed by atoms with Gasteiger partial charge in [-0.25, -0.2) is 9.07 Å². The normalized spacial score (nSPS) is 20.8. The molecule has 0 spiro atoms. The number of hydrogen-bond acceptors (Lipinski definition) is 4. The Balaban J connectivity index is 1.56. The summed E-state index contributed by atoms with van der Waals surface area (Å²) in [5.41, 5.74) is 1.02. The molecule has 0 atom stereocenters. The van der Waals surface area contributed by atoms with Crippen LogP contribution in [0.4, 0.5) is 4.39 Å². The predicted octanol–water partition coefficient (Wildman–Crippen LogP) is 1.75. The highest BCUT2D eigenvalue weighted by Crippen LogP contribution is 2.23. The molecular weight excluding hydrogens is 311 g/mol. The minimum Gasteiger partial charge on any atom is -0.396 e. The number of halogens is 1. The first-order valence-electron chi connectivity index (χ1n) is 8.20. The summed E-state index contributed by atoms with van der Waals surface area (Å²) in [5.74, 6) is -0.192. The standard InChI is InChI=1S/C17H21FN4O2/c18-14-3-1-2-13(8-14)9-22-10-16(20-21-22)17(24)19-15-6-4-12(11-23)5-7-15/h1-3,8,10,12,15,23H,4-7,9,11H2,(H,19,24). The molecule has 0 radical (unpaired) electrons. The van der Waals surface area contributed by atoms with Crippen LogP contribution in [0, 0.1) is 11.7 Å². The van der Waals surface area contributed by atoms with E-state index in [0.29, 0.717) is 12.5 Å². The van der Waals surface area contributed by atoms with Crippen molar-refractivity contribution in [1.29, 1.82) is 0 Å². The van der Waals surface area contributed by atoms with Gasteiger partial charge in [-0.05, 0) is 49.3 Å². The van der Waals surface area contributed by atoms with Crippen molar-refractivity contribution in [2.75, 3.05) is 6.61 Å². The van der Waals surface area contributed by atoms with Gasteiger partial charge in [0.05, 0.1) is 12.7 Å². The lowest BCUT2D eigenvalue weighted by Crippen LogP contribution is -2.38. The first kappa shape index (κ1) is 16.6. The Kier molecular flexibility index (Phi) is 5.20. The van der Waals surface area contributed by atoms with Gasteiger partial charge in [-0.1, -0.05) is 17.3 Å². The Morgan fingerprint density at radius 2 is 2.12 bits per heavy atom. The number of carbonyl (C=O) groups excluding carboxylic acids is 1. The third-order valence-electron chi connectivity index (χ3n) is 4.45. The molecule has 0 aliphatic heterocycles. The quantitative estimate of drug-likeness (QED) is 0.874. The molecule has 128 valence electrons. The van der Waals surface area contributed by atoms with Gasteiger partial charge in [0.2, 0.25) is 0 Å². The summed E-state index contributed by atoms with van der Waals surface area (Å²) in [5, 5.41) is 19.9. The Labute approximate surface area is 139 Å². The fourth-order valence-corrected chi connectivity index (χ4v) is 3.05. The first-order chi connectivity index (χ1) is 11.6. The molecule has 24 heavy (non-hydrogen) atoms. The second kappa shape index (κ2) is 7.53. The second-order valence-corrected chi connectivity index (χ2v) is 6.30. The molecule has 0 saturated heterocycles. The summed E-state index contributed by atoms with van der Waals surface area (Å²) in [6, 6.07) is 6.37. The third-order valence-corrected chi connectivity index (χ3v) is 4.45. The van der Waals surface area contributed by atoms with Crippen LogP contribution in [0.5, 0.6) is 0 Å². The smallest absolute Gasteiger partial charge is 0.273 e. The maximum atomic E-state index is 13.2. The number of aliphatic hydroxyl groups excluding tert-OH is 1. The molecule has 0 bridgehead atoms. The third kappa shape index (κ3) is 4.17. The van der Waals surface area contributed by atoms with E-state index >= 15 is 0 Å². The minimum absolute atomic E-state index is 0.119. The SMILES string of the molecule is O=C(NC1CCC(CO)CC1)c1cn(Cc2cccc(F)c2)nn1. The van der Waals surface area contributed by atoms with Crippen molar-refractivity contribution >= 4 is 5.91 Å². The predicted molar refractivity (Wildman–Crippen MR) is 85.8 cm³/mol. The van der Waals surface area contributed by atoms with E-state index < -0.39 is 0 Å². The monoisotopic (exact) mass is 332 g/mol. The molecule has 0 unspecified atom stereocenters. The van der Waals surface area contributed by atoms with Gasteiger partial charge in [0.25, 0.3) is 5.91 Å². The van der Waals surface area contributed by atoms with Crippen LogP contribution in [0.1, 0.15) is 41.7 Å². The van der Waals surface area contributed by atoms with E-state index in [9.17, 15) is 9.18 Å². The maximum Gasteiger partial charge on any atom is 0.273 e. The van der Waals surface area contributed by atoms with Gasteiger partial charge in [-0.2, -0.15) is 0 Å². The van der Waals surface area contributed by atoms with Crippen LogP contribution in [0.2, 0.25) is 0 Å². The highest BCUT2D eigenvalue weighted by atomic mass is 19.1. The summed E-state index contributed by atoms with van der Waals surface area (Å²) in [6.45, 7) is 0.578. The molecule has 1 amide bonds. The van der Waals surface area contributed by atoms with E-state index in [1.807, 2.05) is 0 Å². The molecule has 1 aromatic heterocycles. The fourth-order valence-electron chi connectivity index (χ4n) is 3.05. The van der Waals surface area contributed by atoms with Crippen molar-refractivity contribution in [2.24, 2.45) is 5.92 Å². The van der Waals surface area contributed by atoms with Gasteiger partial charge in [0.15, 0.2) is 5.69 Å². The van der Waals surface area contributed by atoms with E-state index in [-0.39, 0.29) is 30.1 Å². The van der Waals surface area contributed by atoms with Crippen molar-refractivity contribution in [3.05, 3.63) is 47.5 Å². The molecule has 1 fully saturated rings. The lowest BCUT2D eigenvalue weighted by molar-refractivity contribution is 0.0909. The number of aromatic nitrogens is 3. The lowest BCUT2D eigenvalue weighted by atomic mass is 9.86. The molecule has 3 rings (SSSR count). The van der Waals surface area contributed by atoms with Crippen molar-refractivity contribution in [3.63, 3.8) is 0 Å². The number of hydrogen-bond donors (Lipinski definition) is 2. The van der Waals surface area contributed by atoms with Gasteiger partial charge in [-0.3, -0.25) is 4.79 Å². The van der Waals surface area contributed by atoms with Crippen LogP contribution in [-0.2, 0) is 6.54 Å². The van der Waals surface area contributed by atoms with Crippen LogP contribution in [0.3, 0.4) is 0 Å². The first-order valence-corrected chi connectivity index (χ1v) is 8.20. The Morgan fingerprint density at radius 3 is 2.83 bits per heavy atom. The zero-order chi connectivity index (χ0) is 16.9. The Morgan fingerprint density at radius 1 is 1.33 bits per heavy atom. The Hall–Kier alpha value is -2.28. The van der Waals surface area contributed by atoms with E-state index in [1.54, 1.807) is 18.3 Å². The summed E-state index contributed by atoms with van der Waals surface area (Å²) in [7, 11) is 0. The van der Waals surface area contributed by atoms with Crippen LogP contribution in [-0.4, -0.2) is 38.7 Å². The van der Waals surface area contributed by atoms with Crippen LogP contribution < -0.4 is 5.32 Å². The molecule has 1 aromatic carbocycles. The summed E-state index contributed by atoms with van der Waals surface area (Å²) in [4.78, 5) is 12.2. The number of nitrogens with one attached hydrogen (secondary N) is 1. The zero-order valence-corrected chi connectivity index (χ0v) is 13.4. The summed E-state index contributed by atoms with van der Waals surface area (Å²) < 4.78 is 14.7. The largest absolute Gasteiger partial charge is 0.396 e. The van der Waals surface area contributed by atoms with Crippen LogP contribution >= 0.6 is 0 Å². The minimum atomic E-state index is -0.302. The van der Waals surface area contributed by atoms with Gasteiger partial charge >= 0.3 is 0 Å². The average molecular weight is 332 g/mol. The second-order valence-electron chi connectivity index (χ2n) is 6.30. The fraction of sp³-hybridized carbons (Fsp3) is 0.471. The molecule has 7 heteroatoms. The van der Waals surface area contributed by atoms with E-state index in [2.05, 4.69) is 15.6 Å². The molecule has 1 aliphatic rings. The van der Waals surface area contributed by atoms with Crippen molar-refractivity contribution in [3.8, 4) is 0 Å². The maximum absolute atomic E-state index is 13.2. The zero-order valence-electron chi connectivity index (χ0n) is 13.4. The van der Waals surface area contributed by atoms with E-state index in [4.69, 9.17) is 5.11 Å². The number of carbonyl (C=O) groups is 1. The Bertz CT molecular complexity index is 695. The highest BCUT2D eigenvalue weighted by Gasteiger charge is 2.23. The molecule has 6 nitrogen and oxygen atoms in total. The van der Waals surface area contributed by atoms with Crippen LogP contribution in [0.25, 0.3) is 0 Å². The van der Waals surface area contributed by atoms with Gasteiger partial charge in [0, 0.05) is 12.6 Å². The molecule has 1 saturated carbocycles. The van der Waals surface area contributed by atoms with E-state index in [1.165, 1.54) is 16.8 Å². The van der Waals surface area contributed by atoms with Crippen molar-refractivity contribution in [1.82, 2.24) is 20.3 Å². The van der Waals surface area contributed by atoms with Gasteiger partial charge in [0.1, 0.15) is 5.82 Å².